The van der Waals surface area contributed by atoms with Crippen molar-refractivity contribution in [2.24, 2.45) is 5.92 Å². The van der Waals surface area contributed by atoms with E-state index in [1.165, 1.54) is 38.5 Å². The van der Waals surface area contributed by atoms with Gasteiger partial charge < -0.3 is 15.0 Å². The number of likely N-dealkylation sites (N-methyl/N-ethyl adjacent to an activating group) is 1. The van der Waals surface area contributed by atoms with Gasteiger partial charge in [-0.15, -0.1) is 0 Å². The van der Waals surface area contributed by atoms with Crippen molar-refractivity contribution in [1.82, 2.24) is 10.2 Å². The summed E-state index contributed by atoms with van der Waals surface area (Å²) in [5.74, 6) is 1.01. The lowest BCUT2D eigenvalue weighted by Gasteiger charge is -2.29. The molecule has 1 N–H and O–H groups in total. The van der Waals surface area contributed by atoms with Crippen LogP contribution in [0.25, 0.3) is 0 Å². The summed E-state index contributed by atoms with van der Waals surface area (Å²) in [6, 6.07) is 0.772. The molecule has 18 heavy (non-hydrogen) atoms. The van der Waals surface area contributed by atoms with Gasteiger partial charge in [-0.05, 0) is 38.6 Å². The van der Waals surface area contributed by atoms with E-state index in [0.29, 0.717) is 0 Å². The Hall–Kier alpha value is -0.120. The Morgan fingerprint density at radius 1 is 1.17 bits per heavy atom. The predicted octanol–water partition coefficient (Wildman–Crippen LogP) is 2.51. The Bertz CT molecular complexity index is 191. The maximum atomic E-state index is 5.08. The van der Waals surface area contributed by atoms with E-state index in [0.717, 1.165) is 38.2 Å². The monoisotopic (exact) mass is 256 g/mol. The van der Waals surface area contributed by atoms with Crippen LogP contribution in [0.3, 0.4) is 0 Å². The van der Waals surface area contributed by atoms with Gasteiger partial charge in [0.15, 0.2) is 0 Å². The van der Waals surface area contributed by atoms with Crippen LogP contribution in [0, 0.1) is 5.92 Å². The zero-order valence-electron chi connectivity index (χ0n) is 12.6. The smallest absolute Gasteiger partial charge is 0.0589 e. The molecule has 0 bridgehead atoms. The molecule has 108 valence electrons. The van der Waals surface area contributed by atoms with Crippen molar-refractivity contribution >= 4 is 0 Å². The maximum absolute atomic E-state index is 5.08. The lowest BCUT2D eigenvalue weighted by molar-refractivity contribution is 0.160. The van der Waals surface area contributed by atoms with Crippen molar-refractivity contribution in [1.29, 1.82) is 0 Å². The molecule has 1 rings (SSSR count). The first-order chi connectivity index (χ1) is 8.76. The van der Waals surface area contributed by atoms with Gasteiger partial charge in [-0.3, -0.25) is 0 Å². The van der Waals surface area contributed by atoms with Gasteiger partial charge in [-0.1, -0.05) is 19.8 Å². The summed E-state index contributed by atoms with van der Waals surface area (Å²) in [6.07, 6.45) is 8.43. The summed E-state index contributed by atoms with van der Waals surface area (Å²) in [6.45, 7) is 6.40. The molecule has 0 aromatic rings. The Labute approximate surface area is 113 Å². The van der Waals surface area contributed by atoms with Crippen LogP contribution in [0.2, 0.25) is 0 Å². The predicted molar refractivity (Wildman–Crippen MR) is 78.0 cm³/mol. The molecule has 0 spiro atoms. The molecule has 0 heterocycles. The van der Waals surface area contributed by atoms with Gasteiger partial charge in [0.25, 0.3) is 0 Å². The van der Waals surface area contributed by atoms with Crippen LogP contribution in [0.5, 0.6) is 0 Å². The van der Waals surface area contributed by atoms with E-state index in [4.69, 9.17) is 4.74 Å². The minimum Gasteiger partial charge on any atom is -0.383 e. The third-order valence-electron chi connectivity index (χ3n) is 4.15. The van der Waals surface area contributed by atoms with Crippen molar-refractivity contribution in [2.45, 2.75) is 51.5 Å². The molecular weight excluding hydrogens is 224 g/mol. The fraction of sp³-hybridized carbons (Fsp3) is 1.00. The highest BCUT2D eigenvalue weighted by Gasteiger charge is 2.19. The summed E-state index contributed by atoms with van der Waals surface area (Å²) in [7, 11) is 3.93. The van der Waals surface area contributed by atoms with Gasteiger partial charge >= 0.3 is 0 Å². The molecule has 1 aliphatic rings. The van der Waals surface area contributed by atoms with Crippen molar-refractivity contribution in [2.75, 3.05) is 40.4 Å². The second kappa shape index (κ2) is 9.76. The maximum Gasteiger partial charge on any atom is 0.0589 e. The van der Waals surface area contributed by atoms with Crippen molar-refractivity contribution < 1.29 is 4.74 Å². The van der Waals surface area contributed by atoms with Crippen molar-refractivity contribution in [3.63, 3.8) is 0 Å². The normalized spacial score (nSPS) is 24.7. The van der Waals surface area contributed by atoms with Gasteiger partial charge in [0.05, 0.1) is 6.61 Å². The molecule has 1 fully saturated rings. The molecule has 3 nitrogen and oxygen atoms in total. The minimum atomic E-state index is 0.772. The van der Waals surface area contributed by atoms with Crippen LogP contribution in [0.4, 0.5) is 0 Å². The molecule has 0 atom stereocenters. The third-order valence-corrected chi connectivity index (χ3v) is 4.15. The number of nitrogens with one attached hydrogen (secondary N) is 1. The third kappa shape index (κ3) is 6.72. The largest absolute Gasteiger partial charge is 0.383 e. The van der Waals surface area contributed by atoms with Crippen LogP contribution in [-0.2, 0) is 4.74 Å². The standard InChI is InChI=1S/C15H32N2O/c1-4-5-14-6-8-15(9-7-14)16-10-11-17(2)12-13-18-3/h14-16H,4-13H2,1-3H3. The van der Waals surface area contributed by atoms with Crippen LogP contribution in [0.15, 0.2) is 0 Å². The number of ether oxygens (including phenoxy) is 1. The molecule has 1 aliphatic carbocycles. The molecule has 0 aliphatic heterocycles. The van der Waals surface area contributed by atoms with E-state index < -0.39 is 0 Å². The van der Waals surface area contributed by atoms with Crippen LogP contribution in [0.1, 0.15) is 45.4 Å². The number of nitrogens with zero attached hydrogens (tertiary/aromatic N) is 1. The van der Waals surface area contributed by atoms with Crippen molar-refractivity contribution in [3.05, 3.63) is 0 Å². The highest BCUT2D eigenvalue weighted by atomic mass is 16.5. The Kier molecular flexibility index (Phi) is 8.64. The topological polar surface area (TPSA) is 24.5 Å². The molecule has 3 heteroatoms. The van der Waals surface area contributed by atoms with Gasteiger partial charge in [0.2, 0.25) is 0 Å². The molecule has 0 aromatic heterocycles. The van der Waals surface area contributed by atoms with E-state index >= 15 is 0 Å². The van der Waals surface area contributed by atoms with Crippen molar-refractivity contribution in [3.8, 4) is 0 Å². The van der Waals surface area contributed by atoms with E-state index in [-0.39, 0.29) is 0 Å². The van der Waals surface area contributed by atoms with E-state index in [1.54, 1.807) is 7.11 Å². The fourth-order valence-electron chi connectivity index (χ4n) is 2.88. The fourth-order valence-corrected chi connectivity index (χ4v) is 2.88. The zero-order chi connectivity index (χ0) is 13.2. The van der Waals surface area contributed by atoms with E-state index in [9.17, 15) is 0 Å². The summed E-state index contributed by atoms with van der Waals surface area (Å²) < 4.78 is 5.08. The molecule has 0 saturated heterocycles. The van der Waals surface area contributed by atoms with E-state index in [2.05, 4.69) is 24.2 Å². The van der Waals surface area contributed by atoms with E-state index in [1.807, 2.05) is 0 Å². The van der Waals surface area contributed by atoms with Gasteiger partial charge in [0.1, 0.15) is 0 Å². The van der Waals surface area contributed by atoms with Gasteiger partial charge in [-0.25, -0.2) is 0 Å². The van der Waals surface area contributed by atoms with Crippen LogP contribution >= 0.6 is 0 Å². The zero-order valence-corrected chi connectivity index (χ0v) is 12.6. The molecule has 0 unspecified atom stereocenters. The Morgan fingerprint density at radius 2 is 1.89 bits per heavy atom. The minimum absolute atomic E-state index is 0.772. The SMILES string of the molecule is CCCC1CCC(NCCN(C)CCOC)CC1. The summed E-state index contributed by atoms with van der Waals surface area (Å²) in [5, 5.41) is 3.71. The molecule has 0 radical (unpaired) electrons. The quantitative estimate of drug-likeness (QED) is 0.686. The van der Waals surface area contributed by atoms with Crippen LogP contribution in [-0.4, -0.2) is 51.3 Å². The van der Waals surface area contributed by atoms with Gasteiger partial charge in [0, 0.05) is 32.8 Å². The summed E-state index contributed by atoms with van der Waals surface area (Å²) in [4.78, 5) is 2.33. The molecule has 0 amide bonds. The lowest BCUT2D eigenvalue weighted by Crippen LogP contribution is -2.38. The molecular formula is C15H32N2O. The number of rotatable bonds is 9. The highest BCUT2D eigenvalue weighted by molar-refractivity contribution is 4.77. The molecule has 1 saturated carbocycles. The molecule has 0 aromatic carbocycles. The number of methoxy groups -OCH3 is 1. The Balaban J connectivity index is 2.00. The average Bonchev–Trinajstić information content (AvgIpc) is 2.39. The summed E-state index contributed by atoms with van der Waals surface area (Å²) in [5.41, 5.74) is 0. The number of hydrogen-bond donors (Lipinski definition) is 1. The first kappa shape index (κ1) is 15.9. The van der Waals surface area contributed by atoms with Crippen LogP contribution < -0.4 is 5.32 Å². The first-order valence-corrected chi connectivity index (χ1v) is 7.67. The van der Waals surface area contributed by atoms with Gasteiger partial charge in [-0.2, -0.15) is 0 Å². The lowest BCUT2D eigenvalue weighted by atomic mass is 9.83. The highest BCUT2D eigenvalue weighted by Crippen LogP contribution is 2.27. The first-order valence-electron chi connectivity index (χ1n) is 7.67. The average molecular weight is 256 g/mol. The summed E-state index contributed by atoms with van der Waals surface area (Å²) >= 11 is 0. The number of hydrogen-bond acceptors (Lipinski definition) is 3. The Morgan fingerprint density at radius 3 is 2.50 bits per heavy atom. The second-order valence-electron chi connectivity index (χ2n) is 5.76. The second-order valence-corrected chi connectivity index (χ2v) is 5.76.